The van der Waals surface area contributed by atoms with Crippen LogP contribution in [0.25, 0.3) is 0 Å². The first-order chi connectivity index (χ1) is 14.0. The highest BCUT2D eigenvalue weighted by molar-refractivity contribution is 5.99. The summed E-state index contributed by atoms with van der Waals surface area (Å²) in [6.07, 6.45) is -3.89. The van der Waals surface area contributed by atoms with Gasteiger partial charge < -0.3 is 19.5 Å². The monoisotopic (exact) mass is 438 g/mol. The first-order valence-corrected chi connectivity index (χ1v) is 9.58. The molecule has 1 aromatic rings. The fourth-order valence-electron chi connectivity index (χ4n) is 3.98. The molecular formula is C19H23F5N2O4. The summed E-state index contributed by atoms with van der Waals surface area (Å²) in [6.45, 7) is -1.97. The summed E-state index contributed by atoms with van der Waals surface area (Å²) in [5, 5.41) is 10.5. The van der Waals surface area contributed by atoms with Gasteiger partial charge in [0, 0.05) is 12.6 Å². The van der Waals surface area contributed by atoms with Gasteiger partial charge in [-0.2, -0.15) is 13.2 Å². The number of aliphatic hydroxyl groups is 1. The Bertz CT molecular complexity index is 733. The van der Waals surface area contributed by atoms with Crippen LogP contribution in [0, 0.1) is 5.41 Å². The zero-order valence-corrected chi connectivity index (χ0v) is 16.1. The number of carbonyl (C=O) groups is 1. The predicted octanol–water partition coefficient (Wildman–Crippen LogP) is 3.33. The summed E-state index contributed by atoms with van der Waals surface area (Å²) in [5.74, 6) is -0.326. The Hall–Kier alpha value is -2.01. The van der Waals surface area contributed by atoms with E-state index in [1.165, 1.54) is 23.2 Å². The van der Waals surface area contributed by atoms with Crippen LogP contribution in [0.5, 0.6) is 5.88 Å². The maximum atomic E-state index is 13.0. The first-order valence-electron chi connectivity index (χ1n) is 9.58. The Balaban J connectivity index is 1.57. The third-order valence-electron chi connectivity index (χ3n) is 5.68. The van der Waals surface area contributed by atoms with Gasteiger partial charge in [0.2, 0.25) is 11.8 Å². The highest BCUT2D eigenvalue weighted by Crippen LogP contribution is 2.48. The molecule has 1 N–H and O–H groups in total. The Morgan fingerprint density at radius 2 is 1.87 bits per heavy atom. The van der Waals surface area contributed by atoms with E-state index in [4.69, 9.17) is 4.74 Å². The molecule has 0 aromatic carbocycles. The second-order valence-corrected chi connectivity index (χ2v) is 7.88. The number of hydrogen-bond donors (Lipinski definition) is 1. The number of hydrogen-bond acceptors (Lipinski definition) is 5. The molecule has 30 heavy (non-hydrogen) atoms. The summed E-state index contributed by atoms with van der Waals surface area (Å²) in [7, 11) is 0. The van der Waals surface area contributed by atoms with E-state index in [-0.39, 0.29) is 31.2 Å². The molecule has 1 saturated carbocycles. The van der Waals surface area contributed by atoms with Gasteiger partial charge >= 0.3 is 6.18 Å². The van der Waals surface area contributed by atoms with Crippen LogP contribution in [0.2, 0.25) is 0 Å². The molecule has 0 atom stereocenters. The number of pyridine rings is 1. The molecule has 1 aliphatic heterocycles. The van der Waals surface area contributed by atoms with E-state index in [0.717, 1.165) is 0 Å². The molecule has 0 radical (unpaired) electrons. The van der Waals surface area contributed by atoms with Crippen molar-refractivity contribution in [2.24, 2.45) is 5.41 Å². The van der Waals surface area contributed by atoms with Crippen molar-refractivity contribution in [1.82, 2.24) is 4.98 Å². The molecule has 1 spiro atoms. The predicted molar refractivity (Wildman–Crippen MR) is 95.4 cm³/mol. The van der Waals surface area contributed by atoms with Gasteiger partial charge in [-0.3, -0.25) is 4.79 Å². The van der Waals surface area contributed by atoms with Crippen molar-refractivity contribution in [3.05, 3.63) is 18.3 Å². The number of alkyl halides is 5. The summed E-state index contributed by atoms with van der Waals surface area (Å²) < 4.78 is 70.5. The lowest BCUT2D eigenvalue weighted by atomic mass is 9.68. The first kappa shape index (κ1) is 22.7. The van der Waals surface area contributed by atoms with E-state index < -0.39 is 36.8 Å². The minimum Gasteiger partial charge on any atom is -0.468 e. The van der Waals surface area contributed by atoms with E-state index in [1.807, 2.05) is 0 Å². The van der Waals surface area contributed by atoms with Gasteiger partial charge in [-0.15, -0.1) is 0 Å². The van der Waals surface area contributed by atoms with E-state index in [9.17, 15) is 31.9 Å². The SMILES string of the molecule is O=C1N(c2ccc(OCC(F)(F)F)nc2)CC[C@]12CC[C@@](O)(COCC(F)F)CC2. The number of ether oxygens (including phenoxy) is 2. The van der Waals surface area contributed by atoms with Crippen LogP contribution in [0.4, 0.5) is 27.6 Å². The van der Waals surface area contributed by atoms with Crippen LogP contribution >= 0.6 is 0 Å². The average Bonchev–Trinajstić information content (AvgIpc) is 2.99. The number of amides is 1. The number of carbonyl (C=O) groups excluding carboxylic acids is 1. The van der Waals surface area contributed by atoms with Gasteiger partial charge in [0.25, 0.3) is 6.43 Å². The van der Waals surface area contributed by atoms with Gasteiger partial charge in [0.15, 0.2) is 6.61 Å². The van der Waals surface area contributed by atoms with E-state index >= 15 is 0 Å². The van der Waals surface area contributed by atoms with Gasteiger partial charge in [0.1, 0.15) is 6.61 Å². The molecule has 2 aliphatic rings. The number of rotatable bonds is 7. The number of halogens is 5. The van der Waals surface area contributed by atoms with Crippen LogP contribution < -0.4 is 9.64 Å². The Morgan fingerprint density at radius 3 is 2.43 bits per heavy atom. The van der Waals surface area contributed by atoms with Crippen molar-refractivity contribution in [3.8, 4) is 5.88 Å². The topological polar surface area (TPSA) is 71.9 Å². The third-order valence-corrected chi connectivity index (χ3v) is 5.68. The molecule has 6 nitrogen and oxygen atoms in total. The molecule has 168 valence electrons. The Kier molecular flexibility index (Phi) is 6.51. The summed E-state index contributed by atoms with van der Waals surface area (Å²) >= 11 is 0. The van der Waals surface area contributed by atoms with E-state index in [0.29, 0.717) is 31.5 Å². The van der Waals surface area contributed by atoms with Crippen LogP contribution in [-0.2, 0) is 9.53 Å². The molecule has 2 heterocycles. The molecule has 0 unspecified atom stereocenters. The van der Waals surface area contributed by atoms with Gasteiger partial charge in [-0.1, -0.05) is 0 Å². The van der Waals surface area contributed by atoms with Crippen LogP contribution in [0.3, 0.4) is 0 Å². The Morgan fingerprint density at radius 1 is 1.17 bits per heavy atom. The molecule has 1 aromatic heterocycles. The van der Waals surface area contributed by atoms with Gasteiger partial charge in [-0.05, 0) is 38.2 Å². The van der Waals surface area contributed by atoms with Crippen LogP contribution in [0.1, 0.15) is 32.1 Å². The minimum absolute atomic E-state index is 0.135. The fraction of sp³-hybridized carbons (Fsp3) is 0.684. The molecule has 11 heteroatoms. The minimum atomic E-state index is -4.47. The quantitative estimate of drug-likeness (QED) is 0.662. The molecule has 1 amide bonds. The highest BCUT2D eigenvalue weighted by atomic mass is 19.4. The second kappa shape index (κ2) is 8.62. The normalized spacial score (nSPS) is 27.3. The summed E-state index contributed by atoms with van der Waals surface area (Å²) in [5.41, 5.74) is -1.43. The highest BCUT2D eigenvalue weighted by Gasteiger charge is 2.51. The molecule has 3 rings (SSSR count). The molecular weight excluding hydrogens is 415 g/mol. The standard InChI is InChI=1S/C19H23F5N2O4/c20-14(21)10-29-11-18(28)5-3-17(4-6-18)7-8-26(16(17)27)13-1-2-15(25-9-13)30-12-19(22,23)24/h1-2,9,14,28H,3-8,10-12H2/t17-,18+. The lowest BCUT2D eigenvalue weighted by molar-refractivity contribution is -0.154. The van der Waals surface area contributed by atoms with Crippen molar-refractivity contribution < 1.29 is 41.3 Å². The van der Waals surface area contributed by atoms with E-state index in [2.05, 4.69) is 9.72 Å². The van der Waals surface area contributed by atoms with Gasteiger partial charge in [0.05, 0.1) is 29.5 Å². The number of nitrogens with zero attached hydrogens (tertiary/aromatic N) is 2. The van der Waals surface area contributed by atoms with Crippen molar-refractivity contribution in [3.63, 3.8) is 0 Å². The molecule has 1 saturated heterocycles. The van der Waals surface area contributed by atoms with E-state index in [1.54, 1.807) is 0 Å². The maximum absolute atomic E-state index is 13.0. The van der Waals surface area contributed by atoms with Crippen molar-refractivity contribution in [2.75, 3.05) is 31.3 Å². The lowest BCUT2D eigenvalue weighted by Gasteiger charge is -2.40. The van der Waals surface area contributed by atoms with Gasteiger partial charge in [-0.25, -0.2) is 13.8 Å². The molecule has 1 aliphatic carbocycles. The zero-order chi connectivity index (χ0) is 22.0. The fourth-order valence-corrected chi connectivity index (χ4v) is 3.98. The van der Waals surface area contributed by atoms with Crippen LogP contribution in [-0.4, -0.2) is 60.6 Å². The summed E-state index contributed by atoms with van der Waals surface area (Å²) in [6, 6.07) is 2.76. The smallest absolute Gasteiger partial charge is 0.422 e. The second-order valence-electron chi connectivity index (χ2n) is 7.88. The van der Waals surface area contributed by atoms with Crippen molar-refractivity contribution >= 4 is 11.6 Å². The number of anilines is 1. The van der Waals surface area contributed by atoms with Crippen LogP contribution in [0.15, 0.2) is 18.3 Å². The molecule has 0 bridgehead atoms. The largest absolute Gasteiger partial charge is 0.468 e. The maximum Gasteiger partial charge on any atom is 0.422 e. The lowest BCUT2D eigenvalue weighted by Crippen LogP contribution is -2.46. The Labute approximate surface area is 170 Å². The zero-order valence-electron chi connectivity index (χ0n) is 16.1. The van der Waals surface area contributed by atoms with Crippen molar-refractivity contribution in [1.29, 1.82) is 0 Å². The molecule has 2 fully saturated rings. The average molecular weight is 438 g/mol. The third kappa shape index (κ3) is 5.37. The summed E-state index contributed by atoms with van der Waals surface area (Å²) in [4.78, 5) is 18.4. The van der Waals surface area contributed by atoms with Crippen molar-refractivity contribution in [2.45, 2.75) is 50.3 Å². The number of aromatic nitrogens is 1.